The van der Waals surface area contributed by atoms with Crippen LogP contribution in [0.5, 0.6) is 0 Å². The van der Waals surface area contributed by atoms with E-state index in [1.54, 1.807) is 6.07 Å². The van der Waals surface area contributed by atoms with Crippen molar-refractivity contribution in [2.24, 2.45) is 0 Å². The minimum atomic E-state index is 0.650. The van der Waals surface area contributed by atoms with Crippen molar-refractivity contribution in [3.05, 3.63) is 58.3 Å². The molecule has 1 aromatic heterocycles. The number of aryl methyl sites for hydroxylation is 1. The first kappa shape index (κ1) is 15.2. The van der Waals surface area contributed by atoms with Crippen LogP contribution in [0.15, 0.2) is 42.7 Å². The summed E-state index contributed by atoms with van der Waals surface area (Å²) in [5.74, 6) is 0. The molecule has 0 aliphatic carbocycles. The van der Waals surface area contributed by atoms with Gasteiger partial charge >= 0.3 is 0 Å². The molecule has 0 radical (unpaired) electrons. The van der Waals surface area contributed by atoms with E-state index < -0.39 is 0 Å². The summed E-state index contributed by atoms with van der Waals surface area (Å²) in [6, 6.07) is 11.8. The molecule has 0 spiro atoms. The Balaban J connectivity index is 1.76. The number of anilines is 1. The van der Waals surface area contributed by atoms with Crippen LogP contribution in [0.2, 0.25) is 10.0 Å². The zero-order valence-electron chi connectivity index (χ0n) is 12.3. The third-order valence-electron chi connectivity index (χ3n) is 3.58. The second kappa shape index (κ2) is 6.59. The van der Waals surface area contributed by atoms with E-state index in [-0.39, 0.29) is 0 Å². The first-order valence-corrected chi connectivity index (χ1v) is 8.05. The monoisotopic (exact) mass is 333 g/mol. The Morgan fingerprint density at radius 1 is 1.14 bits per heavy atom. The highest BCUT2D eigenvalue weighted by molar-refractivity contribution is 6.35. The number of fused-ring (bicyclic) bond motifs is 1. The Kier molecular flexibility index (Phi) is 4.55. The molecule has 0 saturated heterocycles. The van der Waals surface area contributed by atoms with Gasteiger partial charge in [-0.2, -0.15) is 0 Å². The van der Waals surface area contributed by atoms with Crippen LogP contribution >= 0.6 is 23.2 Å². The molecule has 3 nitrogen and oxygen atoms in total. The molecule has 3 rings (SSSR count). The molecule has 0 saturated carbocycles. The van der Waals surface area contributed by atoms with Crippen LogP contribution in [0.1, 0.15) is 18.9 Å². The number of imidazole rings is 1. The number of hydrogen-bond acceptors (Lipinski definition) is 2. The van der Waals surface area contributed by atoms with Crippen molar-refractivity contribution in [1.29, 1.82) is 0 Å². The molecule has 0 fully saturated rings. The van der Waals surface area contributed by atoms with Gasteiger partial charge < -0.3 is 9.88 Å². The molecule has 0 atom stereocenters. The van der Waals surface area contributed by atoms with Gasteiger partial charge in [0.05, 0.1) is 17.4 Å². The second-order valence-electron chi connectivity index (χ2n) is 5.23. The number of halogens is 2. The van der Waals surface area contributed by atoms with Crippen molar-refractivity contribution >= 4 is 39.9 Å². The van der Waals surface area contributed by atoms with Gasteiger partial charge in [-0.25, -0.2) is 4.98 Å². The van der Waals surface area contributed by atoms with Gasteiger partial charge in [0.15, 0.2) is 0 Å². The standard InChI is InChI=1S/C17H17Cl2N3/c1-2-7-22-11-21-16-9-14(5-6-17(16)22)20-10-12-3-4-13(18)8-15(12)19/h3-6,8-9,11,20H,2,7,10H2,1H3. The Morgan fingerprint density at radius 2 is 2.00 bits per heavy atom. The van der Waals surface area contributed by atoms with E-state index >= 15 is 0 Å². The molecule has 3 aromatic rings. The van der Waals surface area contributed by atoms with Gasteiger partial charge in [0.1, 0.15) is 0 Å². The van der Waals surface area contributed by atoms with Crippen LogP contribution in [0.4, 0.5) is 5.69 Å². The van der Waals surface area contributed by atoms with E-state index in [0.717, 1.165) is 35.2 Å². The predicted octanol–water partition coefficient (Wildman–Crippen LogP) is 5.37. The number of nitrogens with one attached hydrogen (secondary N) is 1. The zero-order chi connectivity index (χ0) is 15.5. The topological polar surface area (TPSA) is 29.9 Å². The highest BCUT2D eigenvalue weighted by Crippen LogP contribution is 2.23. The van der Waals surface area contributed by atoms with Crippen molar-refractivity contribution in [1.82, 2.24) is 9.55 Å². The first-order valence-electron chi connectivity index (χ1n) is 7.30. The quantitative estimate of drug-likeness (QED) is 0.680. The maximum Gasteiger partial charge on any atom is 0.0958 e. The van der Waals surface area contributed by atoms with E-state index in [2.05, 4.69) is 40.0 Å². The number of hydrogen-bond donors (Lipinski definition) is 1. The molecule has 5 heteroatoms. The lowest BCUT2D eigenvalue weighted by Crippen LogP contribution is -2.00. The average Bonchev–Trinajstić information content (AvgIpc) is 2.89. The van der Waals surface area contributed by atoms with Gasteiger partial charge in [-0.3, -0.25) is 0 Å². The molecule has 0 unspecified atom stereocenters. The Bertz CT molecular complexity index is 796. The molecule has 114 valence electrons. The zero-order valence-corrected chi connectivity index (χ0v) is 13.8. The summed E-state index contributed by atoms with van der Waals surface area (Å²) >= 11 is 12.1. The largest absolute Gasteiger partial charge is 0.381 e. The smallest absolute Gasteiger partial charge is 0.0958 e. The van der Waals surface area contributed by atoms with Crippen molar-refractivity contribution in [2.45, 2.75) is 26.4 Å². The summed E-state index contributed by atoms with van der Waals surface area (Å²) in [6.07, 6.45) is 2.99. The molecule has 1 heterocycles. The van der Waals surface area contributed by atoms with Crippen LogP contribution in [0, 0.1) is 0 Å². The molecule has 0 aliphatic heterocycles. The van der Waals surface area contributed by atoms with E-state index in [1.807, 2.05) is 18.5 Å². The maximum atomic E-state index is 6.19. The number of nitrogens with zero attached hydrogens (tertiary/aromatic N) is 2. The molecule has 0 bridgehead atoms. The molecule has 0 aliphatic rings. The van der Waals surface area contributed by atoms with Gasteiger partial charge in [0, 0.05) is 28.8 Å². The Labute approximate surface area is 139 Å². The SMILES string of the molecule is CCCn1cnc2cc(NCc3ccc(Cl)cc3Cl)ccc21. The van der Waals surface area contributed by atoms with Crippen molar-refractivity contribution in [3.63, 3.8) is 0 Å². The van der Waals surface area contributed by atoms with Gasteiger partial charge in [-0.1, -0.05) is 36.2 Å². The lowest BCUT2D eigenvalue weighted by Gasteiger charge is -2.09. The molecule has 0 amide bonds. The lowest BCUT2D eigenvalue weighted by molar-refractivity contribution is 0.697. The fourth-order valence-electron chi connectivity index (χ4n) is 2.46. The molecule has 22 heavy (non-hydrogen) atoms. The predicted molar refractivity (Wildman–Crippen MR) is 93.8 cm³/mol. The van der Waals surface area contributed by atoms with Crippen molar-refractivity contribution in [2.75, 3.05) is 5.32 Å². The minimum Gasteiger partial charge on any atom is -0.381 e. The summed E-state index contributed by atoms with van der Waals surface area (Å²) in [4.78, 5) is 4.46. The molecular formula is C17H17Cl2N3. The van der Waals surface area contributed by atoms with Gasteiger partial charge in [-0.05, 0) is 42.3 Å². The van der Waals surface area contributed by atoms with Crippen LogP contribution in [0.3, 0.4) is 0 Å². The average molecular weight is 334 g/mol. The molecule has 2 aromatic carbocycles. The van der Waals surface area contributed by atoms with E-state index in [0.29, 0.717) is 16.6 Å². The third kappa shape index (κ3) is 3.21. The van der Waals surface area contributed by atoms with E-state index in [1.165, 1.54) is 0 Å². The van der Waals surface area contributed by atoms with Gasteiger partial charge in [-0.15, -0.1) is 0 Å². The van der Waals surface area contributed by atoms with Crippen molar-refractivity contribution < 1.29 is 0 Å². The fraction of sp³-hybridized carbons (Fsp3) is 0.235. The van der Waals surface area contributed by atoms with Crippen LogP contribution in [-0.4, -0.2) is 9.55 Å². The number of rotatable bonds is 5. The summed E-state index contributed by atoms with van der Waals surface area (Å²) in [7, 11) is 0. The van der Waals surface area contributed by atoms with E-state index in [9.17, 15) is 0 Å². The van der Waals surface area contributed by atoms with Crippen LogP contribution in [0.25, 0.3) is 11.0 Å². The summed E-state index contributed by atoms with van der Waals surface area (Å²) < 4.78 is 2.18. The Morgan fingerprint density at radius 3 is 2.77 bits per heavy atom. The summed E-state index contributed by atoms with van der Waals surface area (Å²) in [5, 5.41) is 4.70. The van der Waals surface area contributed by atoms with Gasteiger partial charge in [0.2, 0.25) is 0 Å². The summed E-state index contributed by atoms with van der Waals surface area (Å²) in [5.41, 5.74) is 4.21. The molecule has 1 N–H and O–H groups in total. The highest BCUT2D eigenvalue weighted by atomic mass is 35.5. The van der Waals surface area contributed by atoms with Gasteiger partial charge in [0.25, 0.3) is 0 Å². The van der Waals surface area contributed by atoms with E-state index in [4.69, 9.17) is 23.2 Å². The number of aromatic nitrogens is 2. The maximum absolute atomic E-state index is 6.19. The Hall–Kier alpha value is -1.71. The van der Waals surface area contributed by atoms with Crippen molar-refractivity contribution in [3.8, 4) is 0 Å². The van der Waals surface area contributed by atoms with Crippen LogP contribution in [-0.2, 0) is 13.1 Å². The second-order valence-corrected chi connectivity index (χ2v) is 6.07. The first-order chi connectivity index (χ1) is 10.7. The lowest BCUT2D eigenvalue weighted by atomic mass is 10.2. The third-order valence-corrected chi connectivity index (χ3v) is 4.17. The molecular weight excluding hydrogens is 317 g/mol. The number of benzene rings is 2. The normalized spacial score (nSPS) is 11.0. The van der Waals surface area contributed by atoms with Crippen LogP contribution < -0.4 is 5.32 Å². The minimum absolute atomic E-state index is 0.650. The fourth-order valence-corrected chi connectivity index (χ4v) is 2.93. The summed E-state index contributed by atoms with van der Waals surface area (Å²) in [6.45, 7) is 3.80. The highest BCUT2D eigenvalue weighted by Gasteiger charge is 2.05.